The molecule has 0 aromatic carbocycles. The Morgan fingerprint density at radius 2 is 0.775 bits per heavy atom. The maximum Gasteiger partial charge on any atom is 0.306 e. The molecule has 0 heterocycles. The zero-order valence-electron chi connectivity index (χ0n) is 26.9. The number of carbonyl (C=O) groups excluding carboxylic acids is 2. The molecule has 5 heteroatoms. The Morgan fingerprint density at radius 1 is 0.475 bits per heavy atom. The number of carbonyl (C=O) groups is 2. The summed E-state index contributed by atoms with van der Waals surface area (Å²) in [6.45, 7) is 4.03. The number of aliphatic hydroxyl groups is 1. The number of esters is 2. The predicted octanol–water partition coefficient (Wildman–Crippen LogP) is 10.4. The first kappa shape index (κ1) is 38.9. The van der Waals surface area contributed by atoms with Crippen LogP contribution in [0.3, 0.4) is 0 Å². The van der Waals surface area contributed by atoms with E-state index in [-0.39, 0.29) is 25.2 Å². The number of aliphatic hydroxyl groups excluding tert-OH is 1. The molecule has 0 bridgehead atoms. The van der Waals surface area contributed by atoms with Gasteiger partial charge in [0.05, 0.1) is 6.61 Å². The highest BCUT2D eigenvalue weighted by Crippen LogP contribution is 2.15. The van der Waals surface area contributed by atoms with Crippen molar-refractivity contribution in [2.75, 3.05) is 13.2 Å². The van der Waals surface area contributed by atoms with Crippen molar-refractivity contribution < 1.29 is 24.2 Å². The molecule has 5 nitrogen and oxygen atoms in total. The fourth-order valence-electron chi connectivity index (χ4n) is 5.20. The monoisotopic (exact) mass is 569 g/mol. The number of hydrogen-bond acceptors (Lipinski definition) is 5. The van der Waals surface area contributed by atoms with Gasteiger partial charge in [-0.05, 0) is 12.8 Å². The fraction of sp³-hybridized carbons (Fsp3) is 0.943. The van der Waals surface area contributed by atoms with Crippen LogP contribution in [0, 0.1) is 0 Å². The zero-order chi connectivity index (χ0) is 29.4. The molecule has 0 aliphatic carbocycles. The molecule has 0 rings (SSSR count). The van der Waals surface area contributed by atoms with Gasteiger partial charge in [-0.1, -0.05) is 168 Å². The molecule has 1 N–H and O–H groups in total. The summed E-state index contributed by atoms with van der Waals surface area (Å²) in [6, 6.07) is 0. The summed E-state index contributed by atoms with van der Waals surface area (Å²) >= 11 is 0. The van der Waals surface area contributed by atoms with E-state index in [0.29, 0.717) is 12.8 Å². The molecule has 0 fully saturated rings. The Balaban J connectivity index is 3.37. The molecule has 0 aromatic heterocycles. The van der Waals surface area contributed by atoms with Crippen LogP contribution in [0.15, 0.2) is 0 Å². The van der Waals surface area contributed by atoms with Gasteiger partial charge < -0.3 is 14.6 Å². The highest BCUT2D eigenvalue weighted by atomic mass is 16.6. The quantitative estimate of drug-likeness (QED) is 0.0645. The summed E-state index contributed by atoms with van der Waals surface area (Å²) in [5.41, 5.74) is 0. The third kappa shape index (κ3) is 29.9. The molecule has 0 aliphatic rings. The van der Waals surface area contributed by atoms with Gasteiger partial charge in [-0.25, -0.2) is 0 Å². The summed E-state index contributed by atoms with van der Waals surface area (Å²) in [6.07, 6.45) is 33.6. The molecular weight excluding hydrogens is 500 g/mol. The van der Waals surface area contributed by atoms with Crippen LogP contribution in [0.5, 0.6) is 0 Å². The first-order chi connectivity index (χ1) is 19.6. The van der Waals surface area contributed by atoms with Crippen molar-refractivity contribution in [3.8, 4) is 0 Å². The Kier molecular flexibility index (Phi) is 31.5. The average molecular weight is 569 g/mol. The first-order valence-electron chi connectivity index (χ1n) is 17.6. The Labute approximate surface area is 248 Å². The highest BCUT2D eigenvalue weighted by molar-refractivity contribution is 5.70. The minimum Gasteiger partial charge on any atom is -0.462 e. The molecular formula is C35H68O5. The van der Waals surface area contributed by atoms with Crippen molar-refractivity contribution in [2.24, 2.45) is 0 Å². The van der Waals surface area contributed by atoms with Gasteiger partial charge in [0.25, 0.3) is 0 Å². The first-order valence-corrected chi connectivity index (χ1v) is 17.6. The molecule has 1 atom stereocenters. The van der Waals surface area contributed by atoms with E-state index in [9.17, 15) is 14.7 Å². The van der Waals surface area contributed by atoms with E-state index < -0.39 is 6.10 Å². The molecule has 0 aromatic rings. The maximum absolute atomic E-state index is 12.0. The minimum atomic E-state index is -0.758. The van der Waals surface area contributed by atoms with Crippen molar-refractivity contribution in [2.45, 2.75) is 200 Å². The molecule has 0 aliphatic heterocycles. The van der Waals surface area contributed by atoms with E-state index in [0.717, 1.165) is 44.9 Å². The SMILES string of the molecule is CCCCCCCCCCCCCCCCCCCCCCCCC(=O)OC(CO)COC(=O)CCCCCC. The lowest BCUT2D eigenvalue weighted by Gasteiger charge is -2.15. The van der Waals surface area contributed by atoms with Crippen molar-refractivity contribution >= 4 is 11.9 Å². The van der Waals surface area contributed by atoms with Crippen LogP contribution in [-0.2, 0) is 19.1 Å². The molecule has 0 saturated carbocycles. The average Bonchev–Trinajstić information content (AvgIpc) is 2.96. The van der Waals surface area contributed by atoms with Crippen LogP contribution in [0.25, 0.3) is 0 Å². The van der Waals surface area contributed by atoms with Crippen LogP contribution in [0.4, 0.5) is 0 Å². The summed E-state index contributed by atoms with van der Waals surface area (Å²) in [5.74, 6) is -0.601. The number of hydrogen-bond donors (Lipinski definition) is 1. The number of ether oxygens (including phenoxy) is 2. The van der Waals surface area contributed by atoms with E-state index in [2.05, 4.69) is 13.8 Å². The molecule has 0 amide bonds. The van der Waals surface area contributed by atoms with Crippen molar-refractivity contribution in [1.29, 1.82) is 0 Å². The second kappa shape index (κ2) is 32.4. The van der Waals surface area contributed by atoms with Crippen LogP contribution in [0.2, 0.25) is 0 Å². The summed E-state index contributed by atoms with van der Waals surface area (Å²) < 4.78 is 10.4. The van der Waals surface area contributed by atoms with Crippen LogP contribution in [0.1, 0.15) is 194 Å². The number of unbranched alkanes of at least 4 members (excludes halogenated alkanes) is 24. The Morgan fingerprint density at radius 3 is 1.12 bits per heavy atom. The van der Waals surface area contributed by atoms with E-state index in [1.165, 1.54) is 122 Å². The van der Waals surface area contributed by atoms with E-state index in [1.807, 2.05) is 0 Å². The van der Waals surface area contributed by atoms with Gasteiger partial charge >= 0.3 is 11.9 Å². The van der Waals surface area contributed by atoms with Crippen LogP contribution in [-0.4, -0.2) is 36.4 Å². The Hall–Kier alpha value is -1.10. The molecule has 0 radical (unpaired) electrons. The summed E-state index contributed by atoms with van der Waals surface area (Å²) in [7, 11) is 0. The molecule has 40 heavy (non-hydrogen) atoms. The van der Waals surface area contributed by atoms with E-state index in [4.69, 9.17) is 9.47 Å². The van der Waals surface area contributed by atoms with Gasteiger partial charge in [-0.3, -0.25) is 9.59 Å². The smallest absolute Gasteiger partial charge is 0.306 e. The largest absolute Gasteiger partial charge is 0.462 e. The highest BCUT2D eigenvalue weighted by Gasteiger charge is 2.16. The number of rotatable bonds is 32. The molecule has 0 spiro atoms. The maximum atomic E-state index is 12.0. The van der Waals surface area contributed by atoms with E-state index in [1.54, 1.807) is 0 Å². The van der Waals surface area contributed by atoms with E-state index >= 15 is 0 Å². The molecule has 238 valence electrons. The van der Waals surface area contributed by atoms with Gasteiger partial charge in [0.15, 0.2) is 6.10 Å². The fourth-order valence-corrected chi connectivity index (χ4v) is 5.20. The van der Waals surface area contributed by atoms with Crippen LogP contribution < -0.4 is 0 Å². The third-order valence-electron chi connectivity index (χ3n) is 7.90. The van der Waals surface area contributed by atoms with Crippen molar-refractivity contribution in [1.82, 2.24) is 0 Å². The predicted molar refractivity (Wildman–Crippen MR) is 169 cm³/mol. The normalized spacial score (nSPS) is 12.0. The lowest BCUT2D eigenvalue weighted by atomic mass is 10.0. The Bertz CT molecular complexity index is 536. The van der Waals surface area contributed by atoms with Gasteiger partial charge in [0.2, 0.25) is 0 Å². The van der Waals surface area contributed by atoms with Gasteiger partial charge in [0.1, 0.15) is 6.61 Å². The van der Waals surface area contributed by atoms with Gasteiger partial charge in [-0.2, -0.15) is 0 Å². The van der Waals surface area contributed by atoms with Gasteiger partial charge in [-0.15, -0.1) is 0 Å². The summed E-state index contributed by atoms with van der Waals surface area (Å²) in [5, 5.41) is 9.42. The zero-order valence-corrected chi connectivity index (χ0v) is 26.9. The second-order valence-corrected chi connectivity index (χ2v) is 12.0. The van der Waals surface area contributed by atoms with Crippen molar-refractivity contribution in [3.63, 3.8) is 0 Å². The molecule has 0 saturated heterocycles. The second-order valence-electron chi connectivity index (χ2n) is 12.0. The lowest BCUT2D eigenvalue weighted by molar-refractivity contribution is -0.161. The lowest BCUT2D eigenvalue weighted by Crippen LogP contribution is -2.28. The summed E-state index contributed by atoms with van der Waals surface area (Å²) in [4.78, 5) is 23.8. The van der Waals surface area contributed by atoms with Crippen molar-refractivity contribution in [3.05, 3.63) is 0 Å². The third-order valence-corrected chi connectivity index (χ3v) is 7.90. The van der Waals surface area contributed by atoms with Gasteiger partial charge in [0, 0.05) is 12.8 Å². The van der Waals surface area contributed by atoms with Crippen LogP contribution >= 0.6 is 0 Å². The standard InChI is InChI=1S/C35H68O5/c1-3-5-7-9-10-11-12-13-14-15-16-17-18-19-20-21-22-23-24-25-26-28-30-35(38)40-33(31-36)32-39-34(37)29-27-8-6-4-2/h33,36H,3-32H2,1-2H3. The minimum absolute atomic E-state index is 0.0613. The topological polar surface area (TPSA) is 72.8 Å². The molecule has 1 unspecified atom stereocenters.